The second-order valence-corrected chi connectivity index (χ2v) is 4.66. The van der Waals surface area contributed by atoms with Crippen LogP contribution in [0.25, 0.3) is 0 Å². The van der Waals surface area contributed by atoms with Crippen LogP contribution in [0.3, 0.4) is 0 Å². The van der Waals surface area contributed by atoms with Crippen LogP contribution in [0.15, 0.2) is 18.2 Å². The highest BCUT2D eigenvalue weighted by molar-refractivity contribution is 5.37. The molecule has 0 spiro atoms. The summed E-state index contributed by atoms with van der Waals surface area (Å²) in [4.78, 5) is 0. The van der Waals surface area contributed by atoms with Crippen LogP contribution in [-0.4, -0.2) is 32.9 Å². The Kier molecular flexibility index (Phi) is 8.26. The molecule has 3 nitrogen and oxygen atoms in total. The predicted molar refractivity (Wildman–Crippen MR) is 80.0 cm³/mol. The minimum absolute atomic E-state index is 0.706. The Morgan fingerprint density at radius 3 is 2.68 bits per heavy atom. The van der Waals surface area contributed by atoms with E-state index in [1.54, 1.807) is 0 Å². The standard InChI is InChI=1S/C16H27NO2/c1-4-9-17-10-12-18-11-8-15-13-14(3)6-7-16(15)19-5-2/h6-7,13,17H,4-5,8-12H2,1-3H3. The topological polar surface area (TPSA) is 30.5 Å². The van der Waals surface area contributed by atoms with Gasteiger partial charge in [0.05, 0.1) is 19.8 Å². The van der Waals surface area contributed by atoms with Crippen molar-refractivity contribution in [3.05, 3.63) is 29.3 Å². The van der Waals surface area contributed by atoms with Gasteiger partial charge in [-0.1, -0.05) is 24.6 Å². The van der Waals surface area contributed by atoms with Gasteiger partial charge in [0, 0.05) is 6.54 Å². The first-order valence-corrected chi connectivity index (χ1v) is 7.28. The number of hydrogen-bond donors (Lipinski definition) is 1. The highest BCUT2D eigenvalue weighted by Crippen LogP contribution is 2.20. The lowest BCUT2D eigenvalue weighted by molar-refractivity contribution is 0.138. The molecule has 0 heterocycles. The van der Waals surface area contributed by atoms with Crippen molar-refractivity contribution >= 4 is 0 Å². The van der Waals surface area contributed by atoms with E-state index >= 15 is 0 Å². The number of nitrogens with one attached hydrogen (secondary N) is 1. The third-order valence-electron chi connectivity index (χ3n) is 2.88. The summed E-state index contributed by atoms with van der Waals surface area (Å²) >= 11 is 0. The zero-order valence-electron chi connectivity index (χ0n) is 12.5. The van der Waals surface area contributed by atoms with Crippen LogP contribution < -0.4 is 10.1 Å². The largest absolute Gasteiger partial charge is 0.494 e. The smallest absolute Gasteiger partial charge is 0.122 e. The number of benzene rings is 1. The first-order chi connectivity index (χ1) is 9.27. The molecule has 0 aliphatic rings. The van der Waals surface area contributed by atoms with Gasteiger partial charge in [0.15, 0.2) is 0 Å². The maximum absolute atomic E-state index is 5.64. The molecule has 0 fully saturated rings. The molecule has 3 heteroatoms. The van der Waals surface area contributed by atoms with Crippen molar-refractivity contribution in [2.45, 2.75) is 33.6 Å². The normalized spacial score (nSPS) is 10.7. The van der Waals surface area contributed by atoms with Crippen LogP contribution >= 0.6 is 0 Å². The quantitative estimate of drug-likeness (QED) is 0.660. The van der Waals surface area contributed by atoms with E-state index in [1.807, 2.05) is 6.92 Å². The van der Waals surface area contributed by atoms with Gasteiger partial charge in [-0.15, -0.1) is 0 Å². The molecule has 0 saturated carbocycles. The summed E-state index contributed by atoms with van der Waals surface area (Å²) in [5, 5.41) is 3.32. The van der Waals surface area contributed by atoms with E-state index in [1.165, 1.54) is 17.5 Å². The monoisotopic (exact) mass is 265 g/mol. The van der Waals surface area contributed by atoms with E-state index in [9.17, 15) is 0 Å². The molecule has 0 aliphatic carbocycles. The number of ether oxygens (including phenoxy) is 2. The summed E-state index contributed by atoms with van der Waals surface area (Å²) in [6.07, 6.45) is 2.08. The van der Waals surface area contributed by atoms with Gasteiger partial charge in [-0.25, -0.2) is 0 Å². The maximum atomic E-state index is 5.64. The van der Waals surface area contributed by atoms with Crippen molar-refractivity contribution in [3.8, 4) is 5.75 Å². The second-order valence-electron chi connectivity index (χ2n) is 4.66. The minimum Gasteiger partial charge on any atom is -0.494 e. The highest BCUT2D eigenvalue weighted by atomic mass is 16.5. The van der Waals surface area contributed by atoms with E-state index in [0.717, 1.165) is 38.5 Å². The molecular weight excluding hydrogens is 238 g/mol. The van der Waals surface area contributed by atoms with E-state index in [2.05, 4.69) is 37.4 Å². The van der Waals surface area contributed by atoms with Crippen LogP contribution in [0.1, 0.15) is 31.4 Å². The number of hydrogen-bond acceptors (Lipinski definition) is 3. The molecule has 0 unspecified atom stereocenters. The molecule has 0 aliphatic heterocycles. The van der Waals surface area contributed by atoms with E-state index in [0.29, 0.717) is 6.61 Å². The number of rotatable bonds is 10. The Balaban J connectivity index is 2.29. The zero-order valence-corrected chi connectivity index (χ0v) is 12.5. The first-order valence-electron chi connectivity index (χ1n) is 7.28. The van der Waals surface area contributed by atoms with Crippen molar-refractivity contribution in [1.82, 2.24) is 5.32 Å². The van der Waals surface area contributed by atoms with Crippen LogP contribution in [0, 0.1) is 6.92 Å². The van der Waals surface area contributed by atoms with Crippen molar-refractivity contribution in [2.75, 3.05) is 32.9 Å². The summed E-state index contributed by atoms with van der Waals surface area (Å²) in [5.74, 6) is 0.987. The van der Waals surface area contributed by atoms with E-state index in [4.69, 9.17) is 9.47 Å². The van der Waals surface area contributed by atoms with Gasteiger partial charge in [0.1, 0.15) is 5.75 Å². The Hall–Kier alpha value is -1.06. The third-order valence-corrected chi connectivity index (χ3v) is 2.88. The van der Waals surface area contributed by atoms with Gasteiger partial charge < -0.3 is 14.8 Å². The van der Waals surface area contributed by atoms with Gasteiger partial charge >= 0.3 is 0 Å². The van der Waals surface area contributed by atoms with Crippen molar-refractivity contribution < 1.29 is 9.47 Å². The average molecular weight is 265 g/mol. The van der Waals surface area contributed by atoms with Gasteiger partial charge in [-0.05, 0) is 44.9 Å². The van der Waals surface area contributed by atoms with Crippen LogP contribution in [-0.2, 0) is 11.2 Å². The molecule has 1 aromatic carbocycles. The SMILES string of the molecule is CCCNCCOCCc1cc(C)ccc1OCC. The lowest BCUT2D eigenvalue weighted by atomic mass is 10.1. The fraction of sp³-hybridized carbons (Fsp3) is 0.625. The molecule has 108 valence electrons. The molecule has 0 saturated heterocycles. The van der Waals surface area contributed by atoms with Crippen molar-refractivity contribution in [1.29, 1.82) is 0 Å². The molecule has 0 radical (unpaired) electrons. The summed E-state index contributed by atoms with van der Waals surface area (Å²) in [6, 6.07) is 6.32. The molecule has 1 N–H and O–H groups in total. The second kappa shape index (κ2) is 9.82. The Morgan fingerprint density at radius 1 is 1.11 bits per heavy atom. The molecule has 0 amide bonds. The van der Waals surface area contributed by atoms with Crippen LogP contribution in [0.4, 0.5) is 0 Å². The third kappa shape index (κ3) is 6.60. The fourth-order valence-corrected chi connectivity index (χ4v) is 1.93. The van der Waals surface area contributed by atoms with Crippen LogP contribution in [0.2, 0.25) is 0 Å². The molecule has 0 bridgehead atoms. The van der Waals surface area contributed by atoms with Crippen molar-refractivity contribution in [3.63, 3.8) is 0 Å². The van der Waals surface area contributed by atoms with Gasteiger partial charge in [0.25, 0.3) is 0 Å². The maximum Gasteiger partial charge on any atom is 0.122 e. The summed E-state index contributed by atoms with van der Waals surface area (Å²) in [7, 11) is 0. The van der Waals surface area contributed by atoms with Crippen molar-refractivity contribution in [2.24, 2.45) is 0 Å². The summed E-state index contributed by atoms with van der Waals surface area (Å²) in [5.41, 5.74) is 2.51. The van der Waals surface area contributed by atoms with E-state index in [-0.39, 0.29) is 0 Å². The molecule has 19 heavy (non-hydrogen) atoms. The Morgan fingerprint density at radius 2 is 1.95 bits per heavy atom. The molecular formula is C16H27NO2. The Bertz CT molecular complexity index is 353. The van der Waals surface area contributed by atoms with Gasteiger partial charge in [-0.2, -0.15) is 0 Å². The fourth-order valence-electron chi connectivity index (χ4n) is 1.93. The molecule has 0 atom stereocenters. The van der Waals surface area contributed by atoms with Gasteiger partial charge in [0.2, 0.25) is 0 Å². The van der Waals surface area contributed by atoms with Crippen LogP contribution in [0.5, 0.6) is 5.75 Å². The van der Waals surface area contributed by atoms with Gasteiger partial charge in [-0.3, -0.25) is 0 Å². The minimum atomic E-state index is 0.706. The highest BCUT2D eigenvalue weighted by Gasteiger charge is 2.03. The lowest BCUT2D eigenvalue weighted by Gasteiger charge is -2.11. The average Bonchev–Trinajstić information content (AvgIpc) is 2.41. The van der Waals surface area contributed by atoms with E-state index < -0.39 is 0 Å². The predicted octanol–water partition coefficient (Wildman–Crippen LogP) is 2.95. The molecule has 0 aromatic heterocycles. The molecule has 1 aromatic rings. The Labute approximate surface area is 117 Å². The first kappa shape index (κ1) is 16.0. The lowest BCUT2D eigenvalue weighted by Crippen LogP contribution is -2.20. The summed E-state index contributed by atoms with van der Waals surface area (Å²) in [6.45, 7) is 10.5. The zero-order chi connectivity index (χ0) is 13.9. The molecule has 1 rings (SSSR count). The summed E-state index contributed by atoms with van der Waals surface area (Å²) < 4.78 is 11.3. The number of aryl methyl sites for hydroxylation is 1.